The molecule has 0 aliphatic carbocycles. The molecule has 0 radical (unpaired) electrons. The highest BCUT2D eigenvalue weighted by atomic mass is 16.4. The van der Waals surface area contributed by atoms with Crippen molar-refractivity contribution >= 4 is 32.5 Å². The maximum absolute atomic E-state index is 12.6. The van der Waals surface area contributed by atoms with Gasteiger partial charge in [0.15, 0.2) is 0 Å². The maximum Gasteiger partial charge on any atom is 0.344 e. The van der Waals surface area contributed by atoms with Gasteiger partial charge in [-0.25, -0.2) is 4.79 Å². The zero-order chi connectivity index (χ0) is 17.8. The molecule has 0 bridgehead atoms. The van der Waals surface area contributed by atoms with Crippen molar-refractivity contribution in [1.29, 1.82) is 0 Å². The summed E-state index contributed by atoms with van der Waals surface area (Å²) in [6.07, 6.45) is 0.922. The number of fused-ring (bicyclic) bond motifs is 4. The van der Waals surface area contributed by atoms with Crippen LogP contribution in [0.4, 0.5) is 0 Å². The lowest BCUT2D eigenvalue weighted by Gasteiger charge is -2.19. The van der Waals surface area contributed by atoms with Gasteiger partial charge in [0, 0.05) is 10.8 Å². The maximum atomic E-state index is 12.6. The quantitative estimate of drug-likeness (QED) is 0.245. The Labute approximate surface area is 147 Å². The SMILES string of the molecule is CCc1ccc2c(c1)oc(=O)c1cc3cc(C(C)(C)C)ccc3cc12. The fourth-order valence-corrected chi connectivity index (χ4v) is 3.40. The summed E-state index contributed by atoms with van der Waals surface area (Å²) >= 11 is 0. The van der Waals surface area contributed by atoms with E-state index in [1.807, 2.05) is 12.1 Å². The molecule has 0 atom stereocenters. The minimum absolute atomic E-state index is 0.0771. The molecular weight excluding hydrogens is 308 g/mol. The van der Waals surface area contributed by atoms with Crippen molar-refractivity contribution in [3.05, 3.63) is 70.1 Å². The highest BCUT2D eigenvalue weighted by molar-refractivity contribution is 6.09. The van der Waals surface area contributed by atoms with Crippen molar-refractivity contribution in [1.82, 2.24) is 0 Å². The topological polar surface area (TPSA) is 30.2 Å². The Bertz CT molecular complexity index is 1170. The van der Waals surface area contributed by atoms with E-state index in [1.165, 1.54) is 11.1 Å². The lowest BCUT2D eigenvalue weighted by molar-refractivity contribution is 0.569. The van der Waals surface area contributed by atoms with Gasteiger partial charge in [-0.1, -0.05) is 58.0 Å². The number of hydrogen-bond acceptors (Lipinski definition) is 2. The van der Waals surface area contributed by atoms with E-state index in [4.69, 9.17) is 4.42 Å². The van der Waals surface area contributed by atoms with Crippen molar-refractivity contribution in [2.45, 2.75) is 39.5 Å². The second kappa shape index (κ2) is 5.45. The first kappa shape index (κ1) is 15.9. The van der Waals surface area contributed by atoms with Crippen LogP contribution >= 0.6 is 0 Å². The molecule has 4 aromatic rings. The van der Waals surface area contributed by atoms with Crippen molar-refractivity contribution < 1.29 is 4.42 Å². The van der Waals surface area contributed by atoms with Crippen LogP contribution in [0, 0.1) is 0 Å². The molecule has 4 rings (SSSR count). The number of aryl methyl sites for hydroxylation is 1. The van der Waals surface area contributed by atoms with Crippen LogP contribution < -0.4 is 5.63 Å². The minimum Gasteiger partial charge on any atom is -0.422 e. The molecule has 0 aliphatic heterocycles. The number of rotatable bonds is 1. The molecule has 1 aromatic heterocycles. The van der Waals surface area contributed by atoms with Crippen molar-refractivity contribution in [2.24, 2.45) is 0 Å². The van der Waals surface area contributed by atoms with Gasteiger partial charge in [0.2, 0.25) is 0 Å². The lowest BCUT2D eigenvalue weighted by Crippen LogP contribution is -2.10. The van der Waals surface area contributed by atoms with Gasteiger partial charge in [0.1, 0.15) is 5.58 Å². The lowest BCUT2D eigenvalue weighted by atomic mass is 9.85. The normalized spacial score (nSPS) is 12.3. The summed E-state index contributed by atoms with van der Waals surface area (Å²) in [6.45, 7) is 8.69. The van der Waals surface area contributed by atoms with Gasteiger partial charge < -0.3 is 4.42 Å². The van der Waals surface area contributed by atoms with E-state index < -0.39 is 0 Å². The summed E-state index contributed by atoms with van der Waals surface area (Å²) in [4.78, 5) is 12.6. The standard InChI is InChI=1S/C23H22O2/c1-5-14-6-9-18-19-12-15-7-8-17(23(2,3)4)11-16(15)13-20(19)22(24)25-21(18)10-14/h6-13H,5H2,1-4H3. The second-order valence-electron chi connectivity index (χ2n) is 7.78. The molecule has 0 spiro atoms. The van der Waals surface area contributed by atoms with E-state index in [0.717, 1.165) is 28.0 Å². The minimum atomic E-state index is -0.265. The summed E-state index contributed by atoms with van der Waals surface area (Å²) in [5.41, 5.74) is 2.91. The van der Waals surface area contributed by atoms with Gasteiger partial charge in [0.05, 0.1) is 5.39 Å². The van der Waals surface area contributed by atoms with Gasteiger partial charge in [0.25, 0.3) is 0 Å². The fourth-order valence-electron chi connectivity index (χ4n) is 3.40. The van der Waals surface area contributed by atoms with Crippen LogP contribution in [0.15, 0.2) is 57.7 Å². The summed E-state index contributed by atoms with van der Waals surface area (Å²) in [6, 6.07) is 16.7. The predicted octanol–water partition coefficient (Wildman–Crippen LogP) is 5.96. The second-order valence-corrected chi connectivity index (χ2v) is 7.78. The van der Waals surface area contributed by atoms with Crippen LogP contribution in [-0.2, 0) is 11.8 Å². The summed E-state index contributed by atoms with van der Waals surface area (Å²) in [5.74, 6) is 0. The fraction of sp³-hybridized carbons (Fsp3) is 0.261. The third-order valence-electron chi connectivity index (χ3n) is 5.01. The molecule has 0 amide bonds. The highest BCUT2D eigenvalue weighted by Gasteiger charge is 2.15. The van der Waals surface area contributed by atoms with Crippen molar-refractivity contribution in [3.63, 3.8) is 0 Å². The Hall–Kier alpha value is -2.61. The molecule has 0 saturated heterocycles. The Morgan fingerprint density at radius 3 is 2.32 bits per heavy atom. The molecule has 2 nitrogen and oxygen atoms in total. The smallest absolute Gasteiger partial charge is 0.344 e. The summed E-state index contributed by atoms with van der Waals surface area (Å²) < 4.78 is 5.61. The summed E-state index contributed by atoms with van der Waals surface area (Å²) in [7, 11) is 0. The van der Waals surface area contributed by atoms with Gasteiger partial charge in [-0.3, -0.25) is 0 Å². The molecule has 0 saturated carbocycles. The van der Waals surface area contributed by atoms with Crippen molar-refractivity contribution in [2.75, 3.05) is 0 Å². The van der Waals surface area contributed by atoms with Gasteiger partial charge in [-0.05, 0) is 51.9 Å². The Morgan fingerprint density at radius 1 is 0.840 bits per heavy atom. The van der Waals surface area contributed by atoms with Gasteiger partial charge >= 0.3 is 5.63 Å². The van der Waals surface area contributed by atoms with Gasteiger partial charge in [-0.2, -0.15) is 0 Å². The van der Waals surface area contributed by atoms with E-state index >= 15 is 0 Å². The molecule has 0 aliphatic rings. The van der Waals surface area contributed by atoms with Crippen LogP contribution in [-0.4, -0.2) is 0 Å². The van der Waals surface area contributed by atoms with E-state index in [2.05, 4.69) is 64.1 Å². The Morgan fingerprint density at radius 2 is 1.60 bits per heavy atom. The average molecular weight is 330 g/mol. The van der Waals surface area contributed by atoms with Crippen LogP contribution in [0.1, 0.15) is 38.8 Å². The van der Waals surface area contributed by atoms with Crippen molar-refractivity contribution in [3.8, 4) is 0 Å². The van der Waals surface area contributed by atoms with Crippen LogP contribution in [0.25, 0.3) is 32.5 Å². The predicted molar refractivity (Wildman–Crippen MR) is 106 cm³/mol. The van der Waals surface area contributed by atoms with E-state index in [0.29, 0.717) is 11.0 Å². The summed E-state index contributed by atoms with van der Waals surface area (Å²) in [5, 5.41) is 4.83. The van der Waals surface area contributed by atoms with Crippen LogP contribution in [0.5, 0.6) is 0 Å². The number of hydrogen-bond donors (Lipinski definition) is 0. The number of benzene rings is 3. The first-order chi connectivity index (χ1) is 11.9. The third kappa shape index (κ3) is 2.62. The average Bonchev–Trinajstić information content (AvgIpc) is 2.58. The van der Waals surface area contributed by atoms with Crippen LogP contribution in [0.3, 0.4) is 0 Å². The first-order valence-corrected chi connectivity index (χ1v) is 8.80. The molecule has 0 unspecified atom stereocenters. The van der Waals surface area contributed by atoms with E-state index in [1.54, 1.807) is 0 Å². The Kier molecular flexibility index (Phi) is 3.47. The molecule has 0 fully saturated rings. The third-order valence-corrected chi connectivity index (χ3v) is 5.01. The zero-order valence-electron chi connectivity index (χ0n) is 15.1. The molecule has 126 valence electrons. The highest BCUT2D eigenvalue weighted by Crippen LogP contribution is 2.31. The Balaban J connectivity index is 2.08. The molecule has 3 aromatic carbocycles. The molecule has 0 N–H and O–H groups in total. The largest absolute Gasteiger partial charge is 0.422 e. The van der Waals surface area contributed by atoms with E-state index in [9.17, 15) is 4.79 Å². The monoisotopic (exact) mass is 330 g/mol. The molecule has 25 heavy (non-hydrogen) atoms. The molecular formula is C23H22O2. The first-order valence-electron chi connectivity index (χ1n) is 8.80. The van der Waals surface area contributed by atoms with Crippen LogP contribution in [0.2, 0.25) is 0 Å². The van der Waals surface area contributed by atoms with E-state index in [-0.39, 0.29) is 11.0 Å². The molecule has 1 heterocycles. The van der Waals surface area contributed by atoms with Gasteiger partial charge in [-0.15, -0.1) is 0 Å². The molecule has 2 heteroatoms. The zero-order valence-corrected chi connectivity index (χ0v) is 15.1.